The van der Waals surface area contributed by atoms with Gasteiger partial charge in [-0.3, -0.25) is 4.90 Å². The third kappa shape index (κ3) is 3.45. The van der Waals surface area contributed by atoms with E-state index >= 15 is 0 Å². The molecule has 0 bridgehead atoms. The lowest BCUT2D eigenvalue weighted by Gasteiger charge is -2.16. The Morgan fingerprint density at radius 2 is 2.11 bits per heavy atom. The van der Waals surface area contributed by atoms with Gasteiger partial charge in [-0.05, 0) is 24.1 Å². The van der Waals surface area contributed by atoms with Crippen LogP contribution < -0.4 is 5.32 Å². The lowest BCUT2D eigenvalue weighted by atomic mass is 10.2. The third-order valence-corrected chi connectivity index (χ3v) is 3.88. The molecule has 1 aromatic rings. The number of halogens is 1. The van der Waals surface area contributed by atoms with Crippen molar-refractivity contribution in [2.24, 2.45) is 0 Å². The summed E-state index contributed by atoms with van der Waals surface area (Å²) in [6, 6.07) is 8.78. The molecule has 2 unspecified atom stereocenters. The van der Waals surface area contributed by atoms with Crippen LogP contribution >= 0.6 is 11.6 Å². The van der Waals surface area contributed by atoms with Crippen molar-refractivity contribution in [2.75, 3.05) is 26.2 Å². The SMILES string of the molecule is Clc1ccc(CN2CCC(NCC3CO3)C2)cc1. The first kappa shape index (κ1) is 12.4. The quantitative estimate of drug-likeness (QED) is 0.825. The molecule has 4 heteroatoms. The Hall–Kier alpha value is -0.610. The molecule has 2 fully saturated rings. The van der Waals surface area contributed by atoms with E-state index in [4.69, 9.17) is 16.3 Å². The number of hydrogen-bond donors (Lipinski definition) is 1. The van der Waals surface area contributed by atoms with Gasteiger partial charge in [-0.25, -0.2) is 0 Å². The number of benzene rings is 1. The summed E-state index contributed by atoms with van der Waals surface area (Å²) in [5, 5.41) is 4.39. The molecular weight excluding hydrogens is 248 g/mol. The highest BCUT2D eigenvalue weighted by Gasteiger charge is 2.26. The summed E-state index contributed by atoms with van der Waals surface area (Å²) in [5.41, 5.74) is 1.34. The zero-order chi connectivity index (χ0) is 12.4. The Bertz CT molecular complexity index is 391. The van der Waals surface area contributed by atoms with Crippen molar-refractivity contribution in [1.29, 1.82) is 0 Å². The van der Waals surface area contributed by atoms with E-state index in [0.29, 0.717) is 12.1 Å². The van der Waals surface area contributed by atoms with Crippen molar-refractivity contribution in [2.45, 2.75) is 25.1 Å². The minimum Gasteiger partial charge on any atom is -0.372 e. The van der Waals surface area contributed by atoms with Crippen molar-refractivity contribution >= 4 is 11.6 Å². The van der Waals surface area contributed by atoms with Gasteiger partial charge in [0.25, 0.3) is 0 Å². The van der Waals surface area contributed by atoms with Crippen LogP contribution in [0.3, 0.4) is 0 Å². The molecule has 18 heavy (non-hydrogen) atoms. The fourth-order valence-electron chi connectivity index (χ4n) is 2.47. The Kier molecular flexibility index (Phi) is 3.85. The van der Waals surface area contributed by atoms with E-state index in [0.717, 1.165) is 31.3 Å². The average Bonchev–Trinajstić information content (AvgIpc) is 3.10. The smallest absolute Gasteiger partial charge is 0.0934 e. The summed E-state index contributed by atoms with van der Waals surface area (Å²) < 4.78 is 5.21. The Labute approximate surface area is 113 Å². The van der Waals surface area contributed by atoms with E-state index in [2.05, 4.69) is 22.3 Å². The summed E-state index contributed by atoms with van der Waals surface area (Å²) >= 11 is 5.89. The number of epoxide rings is 1. The lowest BCUT2D eigenvalue weighted by Crippen LogP contribution is -2.34. The van der Waals surface area contributed by atoms with Gasteiger partial charge in [-0.2, -0.15) is 0 Å². The van der Waals surface area contributed by atoms with Gasteiger partial charge in [0.05, 0.1) is 12.7 Å². The first-order valence-corrected chi connectivity index (χ1v) is 6.99. The molecule has 0 saturated carbocycles. The van der Waals surface area contributed by atoms with E-state index in [-0.39, 0.29) is 0 Å². The molecule has 3 nitrogen and oxygen atoms in total. The minimum absolute atomic E-state index is 0.482. The molecule has 1 aromatic carbocycles. The van der Waals surface area contributed by atoms with Crippen LogP contribution in [-0.4, -0.2) is 43.3 Å². The zero-order valence-electron chi connectivity index (χ0n) is 10.4. The van der Waals surface area contributed by atoms with Gasteiger partial charge in [0.2, 0.25) is 0 Å². The number of likely N-dealkylation sites (tertiary alicyclic amines) is 1. The molecule has 2 aliphatic rings. The molecule has 0 spiro atoms. The highest BCUT2D eigenvalue weighted by Crippen LogP contribution is 2.16. The van der Waals surface area contributed by atoms with Crippen molar-refractivity contribution in [1.82, 2.24) is 10.2 Å². The first-order valence-electron chi connectivity index (χ1n) is 6.61. The maximum Gasteiger partial charge on any atom is 0.0934 e. The second-order valence-corrected chi connectivity index (χ2v) is 5.65. The fraction of sp³-hybridized carbons (Fsp3) is 0.571. The maximum absolute atomic E-state index is 5.89. The van der Waals surface area contributed by atoms with Crippen molar-refractivity contribution in [3.05, 3.63) is 34.9 Å². The normalized spacial score (nSPS) is 27.6. The Morgan fingerprint density at radius 1 is 1.33 bits per heavy atom. The van der Waals surface area contributed by atoms with Gasteiger partial charge in [0.15, 0.2) is 0 Å². The van der Waals surface area contributed by atoms with Crippen LogP contribution in [0.5, 0.6) is 0 Å². The second kappa shape index (κ2) is 5.57. The van der Waals surface area contributed by atoms with Crippen LogP contribution in [-0.2, 0) is 11.3 Å². The average molecular weight is 267 g/mol. The molecular formula is C14H19ClN2O. The summed E-state index contributed by atoms with van der Waals surface area (Å²) in [7, 11) is 0. The summed E-state index contributed by atoms with van der Waals surface area (Å²) in [4.78, 5) is 2.49. The summed E-state index contributed by atoms with van der Waals surface area (Å²) in [5.74, 6) is 0. The highest BCUT2D eigenvalue weighted by atomic mass is 35.5. The lowest BCUT2D eigenvalue weighted by molar-refractivity contribution is 0.316. The van der Waals surface area contributed by atoms with Gasteiger partial charge in [-0.1, -0.05) is 23.7 Å². The molecule has 98 valence electrons. The Morgan fingerprint density at radius 3 is 2.83 bits per heavy atom. The molecule has 2 heterocycles. The van der Waals surface area contributed by atoms with Crippen LogP contribution in [0, 0.1) is 0 Å². The molecule has 2 saturated heterocycles. The Balaban J connectivity index is 1.44. The van der Waals surface area contributed by atoms with E-state index in [9.17, 15) is 0 Å². The predicted octanol–water partition coefficient (Wildman–Crippen LogP) is 1.90. The van der Waals surface area contributed by atoms with Crippen LogP contribution in [0.1, 0.15) is 12.0 Å². The van der Waals surface area contributed by atoms with Crippen LogP contribution in [0.4, 0.5) is 0 Å². The van der Waals surface area contributed by atoms with E-state index < -0.39 is 0 Å². The van der Waals surface area contributed by atoms with Crippen molar-refractivity contribution in [3.8, 4) is 0 Å². The second-order valence-electron chi connectivity index (χ2n) is 5.21. The monoisotopic (exact) mass is 266 g/mol. The summed E-state index contributed by atoms with van der Waals surface area (Å²) in [6.07, 6.45) is 1.72. The number of hydrogen-bond acceptors (Lipinski definition) is 3. The zero-order valence-corrected chi connectivity index (χ0v) is 11.2. The molecule has 3 rings (SSSR count). The number of nitrogens with zero attached hydrogens (tertiary/aromatic N) is 1. The third-order valence-electron chi connectivity index (χ3n) is 3.63. The van der Waals surface area contributed by atoms with Gasteiger partial charge < -0.3 is 10.1 Å². The van der Waals surface area contributed by atoms with Crippen molar-refractivity contribution < 1.29 is 4.74 Å². The van der Waals surface area contributed by atoms with Gasteiger partial charge in [-0.15, -0.1) is 0 Å². The molecule has 2 atom stereocenters. The number of nitrogens with one attached hydrogen (secondary N) is 1. The van der Waals surface area contributed by atoms with E-state index in [1.165, 1.54) is 18.5 Å². The molecule has 0 amide bonds. The van der Waals surface area contributed by atoms with Crippen LogP contribution in [0.2, 0.25) is 5.02 Å². The summed E-state index contributed by atoms with van der Waals surface area (Å²) in [6.45, 7) is 5.28. The molecule has 1 N–H and O–H groups in total. The molecule has 0 radical (unpaired) electrons. The van der Waals surface area contributed by atoms with Crippen LogP contribution in [0.25, 0.3) is 0 Å². The van der Waals surface area contributed by atoms with Crippen LogP contribution in [0.15, 0.2) is 24.3 Å². The van der Waals surface area contributed by atoms with E-state index in [1.807, 2.05) is 12.1 Å². The van der Waals surface area contributed by atoms with Gasteiger partial charge in [0.1, 0.15) is 0 Å². The highest BCUT2D eigenvalue weighted by molar-refractivity contribution is 6.30. The fourth-order valence-corrected chi connectivity index (χ4v) is 2.60. The first-order chi connectivity index (χ1) is 8.79. The topological polar surface area (TPSA) is 27.8 Å². The molecule has 0 aromatic heterocycles. The predicted molar refractivity (Wildman–Crippen MR) is 72.9 cm³/mol. The largest absolute Gasteiger partial charge is 0.372 e. The minimum atomic E-state index is 0.482. The number of ether oxygens (including phenoxy) is 1. The van der Waals surface area contributed by atoms with Gasteiger partial charge >= 0.3 is 0 Å². The van der Waals surface area contributed by atoms with E-state index in [1.54, 1.807) is 0 Å². The maximum atomic E-state index is 5.89. The molecule has 2 aliphatic heterocycles. The number of rotatable bonds is 5. The standard InChI is InChI=1S/C14H19ClN2O/c15-12-3-1-11(2-4-12)8-17-6-5-13(9-17)16-7-14-10-18-14/h1-4,13-14,16H,5-10H2. The molecule has 0 aliphatic carbocycles. The van der Waals surface area contributed by atoms with Gasteiger partial charge in [0, 0.05) is 37.2 Å². The van der Waals surface area contributed by atoms with Crippen molar-refractivity contribution in [3.63, 3.8) is 0 Å².